The van der Waals surface area contributed by atoms with E-state index in [0.717, 1.165) is 18.2 Å². The maximum absolute atomic E-state index is 13.5. The van der Waals surface area contributed by atoms with Crippen LogP contribution in [0.25, 0.3) is 11.1 Å². The summed E-state index contributed by atoms with van der Waals surface area (Å²) in [6.07, 6.45) is -3.14. The molecule has 24 heavy (non-hydrogen) atoms. The summed E-state index contributed by atoms with van der Waals surface area (Å²) in [5, 5.41) is 1.97. The normalized spacial score (nSPS) is 18.7. The lowest BCUT2D eigenvalue weighted by atomic mass is 9.98. The van der Waals surface area contributed by atoms with E-state index in [1.807, 2.05) is 0 Å². The maximum Gasteiger partial charge on any atom is 0.417 e. The van der Waals surface area contributed by atoms with Crippen LogP contribution in [0.2, 0.25) is 0 Å². The fourth-order valence-electron chi connectivity index (χ4n) is 2.45. The summed E-state index contributed by atoms with van der Waals surface area (Å²) in [5.41, 5.74) is 10.5. The van der Waals surface area contributed by atoms with E-state index in [4.69, 9.17) is 11.5 Å². The van der Waals surface area contributed by atoms with Crippen LogP contribution in [0.5, 0.6) is 0 Å². The highest BCUT2D eigenvalue weighted by molar-refractivity contribution is 8.32. The number of anilines is 1. The molecule has 1 aliphatic rings. The molecule has 2 aromatic carbocycles. The van der Waals surface area contributed by atoms with Crippen molar-refractivity contribution >= 4 is 21.8 Å². The largest absolute Gasteiger partial charge is 0.417 e. The third-order valence-corrected chi connectivity index (χ3v) is 5.44. The molecule has 0 aliphatic carbocycles. The number of hydrogen-bond donors (Lipinski definition) is 3. The molecule has 0 spiro atoms. The van der Waals surface area contributed by atoms with Gasteiger partial charge in [0, 0.05) is 17.5 Å². The zero-order valence-corrected chi connectivity index (χ0v) is 13.1. The second-order valence-electron chi connectivity index (χ2n) is 5.11. The molecule has 0 bridgehead atoms. The molecule has 1 heterocycles. The van der Waals surface area contributed by atoms with E-state index in [-0.39, 0.29) is 22.0 Å². The highest BCUT2D eigenvalue weighted by Crippen LogP contribution is 2.46. The third kappa shape index (κ3) is 2.96. The predicted octanol–water partition coefficient (Wildman–Crippen LogP) is 4.25. The number of hydrogen-bond acceptors (Lipinski definition) is 3. The van der Waals surface area contributed by atoms with Gasteiger partial charge in [0.2, 0.25) is 0 Å². The Labute approximate surface area is 138 Å². The van der Waals surface area contributed by atoms with Gasteiger partial charge in [-0.05, 0) is 46.2 Å². The van der Waals surface area contributed by atoms with Crippen molar-refractivity contribution in [3.8, 4) is 11.1 Å². The minimum absolute atomic E-state index is 0.00487. The van der Waals surface area contributed by atoms with Crippen molar-refractivity contribution in [1.29, 1.82) is 0 Å². The Morgan fingerprint density at radius 3 is 2.33 bits per heavy atom. The highest BCUT2D eigenvalue weighted by Gasteiger charge is 2.35. The van der Waals surface area contributed by atoms with Crippen molar-refractivity contribution in [1.82, 2.24) is 0 Å². The number of alkyl halides is 3. The summed E-state index contributed by atoms with van der Waals surface area (Å²) >= 11 is 0. The zero-order valence-electron chi connectivity index (χ0n) is 12.2. The highest BCUT2D eigenvalue weighted by atomic mass is 32.2. The van der Waals surface area contributed by atoms with Gasteiger partial charge >= 0.3 is 6.18 Å². The lowest BCUT2D eigenvalue weighted by molar-refractivity contribution is -0.137. The van der Waals surface area contributed by atoms with Crippen LogP contribution in [-0.2, 0) is 6.18 Å². The van der Waals surface area contributed by atoms with Crippen molar-refractivity contribution in [3.63, 3.8) is 0 Å². The summed E-state index contributed by atoms with van der Waals surface area (Å²) < 4.78 is 54.0. The van der Waals surface area contributed by atoms with Crippen LogP contribution in [0.3, 0.4) is 0 Å². The SMILES string of the molecule is NC1=NC=C[SH]1c1ccc(-c2cc(F)ccc2N)c(C(F)(F)F)c1. The lowest BCUT2D eigenvalue weighted by Crippen LogP contribution is -2.11. The Morgan fingerprint density at radius 1 is 0.958 bits per heavy atom. The van der Waals surface area contributed by atoms with Gasteiger partial charge in [-0.3, -0.25) is 0 Å². The van der Waals surface area contributed by atoms with E-state index >= 15 is 0 Å². The standard InChI is InChI=1S/C16H13F4N3S/c17-9-1-4-14(21)12(7-9)11-3-2-10(8-13(11)16(18,19)20)24-6-5-23-15(24)22/h1-8,24H,21H2,(H2,22,23). The first-order valence-electron chi connectivity index (χ1n) is 6.83. The monoisotopic (exact) mass is 355 g/mol. The first-order chi connectivity index (χ1) is 11.3. The summed E-state index contributed by atoms with van der Waals surface area (Å²) in [4.78, 5) is 4.31. The van der Waals surface area contributed by atoms with Crippen molar-refractivity contribution in [2.75, 3.05) is 5.73 Å². The summed E-state index contributed by atoms with van der Waals surface area (Å²) in [5.74, 6) is -0.657. The van der Waals surface area contributed by atoms with Gasteiger partial charge in [-0.25, -0.2) is 9.38 Å². The molecule has 4 N–H and O–H groups in total. The summed E-state index contributed by atoms with van der Waals surface area (Å²) in [6.45, 7) is 0. The number of nitrogens with zero attached hydrogens (tertiary/aromatic N) is 1. The summed E-state index contributed by atoms with van der Waals surface area (Å²) in [6, 6.07) is 7.21. The maximum atomic E-state index is 13.5. The molecule has 1 unspecified atom stereocenters. The lowest BCUT2D eigenvalue weighted by Gasteiger charge is -2.19. The van der Waals surface area contributed by atoms with E-state index < -0.39 is 28.5 Å². The summed E-state index contributed by atoms with van der Waals surface area (Å²) in [7, 11) is -1.22. The second kappa shape index (κ2) is 5.86. The molecule has 1 aliphatic heterocycles. The molecular formula is C16H13F4N3S. The van der Waals surface area contributed by atoms with Crippen LogP contribution >= 0.6 is 10.9 Å². The zero-order chi connectivity index (χ0) is 17.5. The average Bonchev–Trinajstić information content (AvgIpc) is 2.94. The smallest absolute Gasteiger partial charge is 0.398 e. The van der Waals surface area contributed by atoms with E-state index in [2.05, 4.69) is 4.99 Å². The number of nitrogens with two attached hydrogens (primary N) is 2. The van der Waals surface area contributed by atoms with Gasteiger partial charge in [-0.15, -0.1) is 10.9 Å². The molecule has 3 nitrogen and oxygen atoms in total. The molecule has 0 saturated heterocycles. The van der Waals surface area contributed by atoms with E-state index in [1.54, 1.807) is 11.5 Å². The first kappa shape index (κ1) is 16.4. The van der Waals surface area contributed by atoms with E-state index in [9.17, 15) is 17.6 Å². The van der Waals surface area contributed by atoms with Gasteiger partial charge in [0.1, 0.15) is 11.0 Å². The molecule has 2 aromatic rings. The Balaban J connectivity index is 2.18. The number of nitrogen functional groups attached to an aromatic ring is 1. The molecule has 0 radical (unpaired) electrons. The molecule has 8 heteroatoms. The van der Waals surface area contributed by atoms with Crippen LogP contribution in [0.1, 0.15) is 5.56 Å². The van der Waals surface area contributed by atoms with Crippen LogP contribution in [0.15, 0.2) is 57.9 Å². The molecule has 0 saturated carbocycles. The number of rotatable bonds is 2. The minimum Gasteiger partial charge on any atom is -0.398 e. The molecule has 0 amide bonds. The topological polar surface area (TPSA) is 64.4 Å². The fourth-order valence-corrected chi connectivity index (χ4v) is 3.93. The molecular weight excluding hydrogens is 342 g/mol. The van der Waals surface area contributed by atoms with Crippen LogP contribution in [0.4, 0.5) is 23.2 Å². The van der Waals surface area contributed by atoms with Crippen molar-refractivity contribution in [3.05, 3.63) is 59.4 Å². The van der Waals surface area contributed by atoms with Gasteiger partial charge < -0.3 is 11.5 Å². The number of halogens is 4. The Kier molecular flexibility index (Phi) is 4.00. The van der Waals surface area contributed by atoms with Gasteiger partial charge in [0.15, 0.2) is 0 Å². The quantitative estimate of drug-likeness (QED) is 0.428. The second-order valence-corrected chi connectivity index (χ2v) is 7.13. The number of benzene rings is 2. The number of amidine groups is 1. The first-order valence-corrected chi connectivity index (χ1v) is 8.24. The van der Waals surface area contributed by atoms with Crippen LogP contribution in [0, 0.1) is 5.82 Å². The number of thiol groups is 1. The van der Waals surface area contributed by atoms with E-state index in [0.29, 0.717) is 4.90 Å². The molecule has 0 aromatic heterocycles. The van der Waals surface area contributed by atoms with E-state index in [1.165, 1.54) is 18.3 Å². The molecule has 3 rings (SSSR count). The average molecular weight is 355 g/mol. The minimum atomic E-state index is -4.62. The Morgan fingerprint density at radius 2 is 1.71 bits per heavy atom. The van der Waals surface area contributed by atoms with Gasteiger partial charge in [-0.2, -0.15) is 13.2 Å². The molecule has 0 fully saturated rings. The van der Waals surface area contributed by atoms with Gasteiger partial charge in [-0.1, -0.05) is 6.07 Å². The van der Waals surface area contributed by atoms with Crippen molar-refractivity contribution in [2.45, 2.75) is 11.1 Å². The fraction of sp³-hybridized carbons (Fsp3) is 0.0625. The Bertz CT molecular complexity index is 859. The van der Waals surface area contributed by atoms with Crippen LogP contribution < -0.4 is 11.5 Å². The Hall–Kier alpha value is -2.48. The predicted molar refractivity (Wildman–Crippen MR) is 89.3 cm³/mol. The third-order valence-electron chi connectivity index (χ3n) is 3.56. The van der Waals surface area contributed by atoms with Gasteiger partial charge in [0.25, 0.3) is 0 Å². The van der Waals surface area contributed by atoms with Crippen LogP contribution in [-0.4, -0.2) is 5.17 Å². The van der Waals surface area contributed by atoms with Crippen molar-refractivity contribution in [2.24, 2.45) is 10.7 Å². The van der Waals surface area contributed by atoms with Gasteiger partial charge in [0.05, 0.1) is 5.56 Å². The number of aliphatic imine (C=N–C) groups is 1. The molecule has 126 valence electrons. The molecule has 1 atom stereocenters. The van der Waals surface area contributed by atoms with Crippen molar-refractivity contribution < 1.29 is 17.6 Å².